The number of aryl methyl sites for hydroxylation is 1. The van der Waals surface area contributed by atoms with Gasteiger partial charge in [-0.1, -0.05) is 12.1 Å². The van der Waals surface area contributed by atoms with Gasteiger partial charge >= 0.3 is 0 Å². The van der Waals surface area contributed by atoms with Gasteiger partial charge in [-0.3, -0.25) is 9.78 Å². The molecule has 0 aliphatic carbocycles. The minimum absolute atomic E-state index is 0.0839. The molecule has 0 atom stereocenters. The summed E-state index contributed by atoms with van der Waals surface area (Å²) < 4.78 is 0. The number of aromatic nitrogens is 1. The molecule has 0 saturated carbocycles. The Bertz CT molecular complexity index is 685. The number of nitrogens with one attached hydrogen (secondary N) is 1. The van der Waals surface area contributed by atoms with Crippen molar-refractivity contribution in [3.05, 3.63) is 53.9 Å². The van der Waals surface area contributed by atoms with Crippen LogP contribution in [0.2, 0.25) is 0 Å². The molecule has 1 amide bonds. The molecule has 2 aromatic rings. The third kappa shape index (κ3) is 4.80. The number of hydrogen-bond acceptors (Lipinski definition) is 4. The Hall–Kier alpha value is -2.40. The van der Waals surface area contributed by atoms with Gasteiger partial charge in [-0.15, -0.1) is 0 Å². The molecule has 0 saturated heterocycles. The third-order valence-electron chi connectivity index (χ3n) is 3.74. The van der Waals surface area contributed by atoms with Crippen molar-refractivity contribution in [2.75, 3.05) is 43.9 Å². The lowest BCUT2D eigenvalue weighted by Crippen LogP contribution is -2.31. The molecule has 0 fully saturated rings. The van der Waals surface area contributed by atoms with Gasteiger partial charge in [-0.05, 0) is 57.8 Å². The fourth-order valence-electron chi connectivity index (χ4n) is 2.46. The van der Waals surface area contributed by atoms with Gasteiger partial charge in [0.15, 0.2) is 0 Å². The average molecular weight is 326 g/mol. The van der Waals surface area contributed by atoms with Gasteiger partial charge in [0.1, 0.15) is 5.69 Å². The van der Waals surface area contributed by atoms with Crippen LogP contribution >= 0.6 is 0 Å². The number of carbonyl (C=O) groups is 1. The maximum absolute atomic E-state index is 12.8. The largest absolute Gasteiger partial charge is 0.384 e. The van der Waals surface area contributed by atoms with Crippen molar-refractivity contribution >= 4 is 17.3 Å². The molecule has 24 heavy (non-hydrogen) atoms. The Morgan fingerprint density at radius 3 is 2.67 bits per heavy atom. The predicted octanol–water partition coefficient (Wildman–Crippen LogP) is 3.03. The van der Waals surface area contributed by atoms with Gasteiger partial charge < -0.3 is 15.1 Å². The highest BCUT2D eigenvalue weighted by atomic mass is 16.2. The van der Waals surface area contributed by atoms with E-state index in [1.165, 1.54) is 0 Å². The van der Waals surface area contributed by atoms with Crippen LogP contribution in [0.3, 0.4) is 0 Å². The Morgan fingerprint density at radius 1 is 1.21 bits per heavy atom. The van der Waals surface area contributed by atoms with Crippen molar-refractivity contribution in [1.29, 1.82) is 0 Å². The molecule has 1 aromatic heterocycles. The number of pyridine rings is 1. The zero-order valence-corrected chi connectivity index (χ0v) is 14.9. The molecule has 0 bridgehead atoms. The summed E-state index contributed by atoms with van der Waals surface area (Å²) in [5, 5.41) is 3.32. The molecular weight excluding hydrogens is 300 g/mol. The summed E-state index contributed by atoms with van der Waals surface area (Å²) in [6.07, 6.45) is 1.68. The molecule has 0 spiro atoms. The quantitative estimate of drug-likeness (QED) is 0.850. The molecular formula is C19H26N4O. The fourth-order valence-corrected chi connectivity index (χ4v) is 2.46. The van der Waals surface area contributed by atoms with E-state index in [9.17, 15) is 4.79 Å². The Morgan fingerprint density at radius 2 is 2.00 bits per heavy atom. The first kappa shape index (κ1) is 17.9. The monoisotopic (exact) mass is 326 g/mol. The lowest BCUT2D eigenvalue weighted by molar-refractivity contribution is 0.0983. The van der Waals surface area contributed by atoms with Crippen LogP contribution in [0.4, 0.5) is 11.4 Å². The SMILES string of the molecule is CCN(C(=O)c1cc(NCCN(C)C)ccn1)c1cccc(C)c1. The van der Waals surface area contributed by atoms with Gasteiger partial charge in [-0.25, -0.2) is 0 Å². The first-order valence-corrected chi connectivity index (χ1v) is 8.24. The maximum atomic E-state index is 12.8. The molecule has 1 heterocycles. The van der Waals surface area contributed by atoms with Crippen molar-refractivity contribution in [2.45, 2.75) is 13.8 Å². The summed E-state index contributed by atoms with van der Waals surface area (Å²) in [7, 11) is 4.06. The second-order valence-corrected chi connectivity index (χ2v) is 6.05. The third-order valence-corrected chi connectivity index (χ3v) is 3.74. The van der Waals surface area contributed by atoms with Crippen LogP contribution in [-0.2, 0) is 0 Å². The lowest BCUT2D eigenvalue weighted by atomic mass is 10.2. The highest BCUT2D eigenvalue weighted by Crippen LogP contribution is 2.19. The molecule has 0 radical (unpaired) electrons. The number of amides is 1. The molecule has 0 aliphatic rings. The van der Waals surface area contributed by atoms with E-state index in [2.05, 4.69) is 15.2 Å². The van der Waals surface area contributed by atoms with Crippen LogP contribution in [0.15, 0.2) is 42.6 Å². The van der Waals surface area contributed by atoms with E-state index >= 15 is 0 Å². The van der Waals surface area contributed by atoms with Crippen molar-refractivity contribution in [3.63, 3.8) is 0 Å². The minimum Gasteiger partial charge on any atom is -0.384 e. The van der Waals surface area contributed by atoms with Crippen molar-refractivity contribution in [2.24, 2.45) is 0 Å². The number of hydrogen-bond donors (Lipinski definition) is 1. The Kier molecular flexibility index (Phi) is 6.32. The predicted molar refractivity (Wildman–Crippen MR) is 99.8 cm³/mol. The lowest BCUT2D eigenvalue weighted by Gasteiger charge is -2.21. The zero-order chi connectivity index (χ0) is 17.5. The van der Waals surface area contributed by atoms with E-state index in [1.807, 2.05) is 64.3 Å². The second kappa shape index (κ2) is 8.45. The van der Waals surface area contributed by atoms with E-state index in [-0.39, 0.29) is 5.91 Å². The number of carbonyl (C=O) groups excluding carboxylic acids is 1. The van der Waals surface area contributed by atoms with Crippen molar-refractivity contribution < 1.29 is 4.79 Å². The number of benzene rings is 1. The number of anilines is 2. The van der Waals surface area contributed by atoms with Gasteiger partial charge in [0, 0.05) is 37.2 Å². The van der Waals surface area contributed by atoms with E-state index in [4.69, 9.17) is 0 Å². The standard InChI is InChI=1S/C19H26N4O/c1-5-23(17-8-6-7-15(2)13-17)19(24)18-14-16(9-10-21-18)20-11-12-22(3)4/h6-10,13-14H,5,11-12H2,1-4H3,(H,20,21). The van der Waals surface area contributed by atoms with Crippen LogP contribution < -0.4 is 10.2 Å². The summed E-state index contributed by atoms with van der Waals surface area (Å²) in [4.78, 5) is 21.0. The van der Waals surface area contributed by atoms with Gasteiger partial charge in [0.2, 0.25) is 0 Å². The Balaban J connectivity index is 2.15. The van der Waals surface area contributed by atoms with Crippen LogP contribution in [0.1, 0.15) is 23.0 Å². The molecule has 1 N–H and O–H groups in total. The number of nitrogens with zero attached hydrogens (tertiary/aromatic N) is 3. The highest BCUT2D eigenvalue weighted by Gasteiger charge is 2.17. The molecule has 0 unspecified atom stereocenters. The number of rotatable bonds is 7. The summed E-state index contributed by atoms with van der Waals surface area (Å²) in [6.45, 7) is 6.34. The van der Waals surface area contributed by atoms with E-state index in [0.717, 1.165) is 30.0 Å². The van der Waals surface area contributed by atoms with Crippen LogP contribution in [0.5, 0.6) is 0 Å². The zero-order valence-electron chi connectivity index (χ0n) is 14.9. The van der Waals surface area contributed by atoms with Gasteiger partial charge in [0.25, 0.3) is 5.91 Å². The average Bonchev–Trinajstić information content (AvgIpc) is 2.55. The van der Waals surface area contributed by atoms with Gasteiger partial charge in [-0.2, -0.15) is 0 Å². The minimum atomic E-state index is -0.0839. The summed E-state index contributed by atoms with van der Waals surface area (Å²) in [5.41, 5.74) is 3.39. The van der Waals surface area contributed by atoms with E-state index < -0.39 is 0 Å². The number of likely N-dealkylation sites (N-methyl/N-ethyl adjacent to an activating group) is 1. The van der Waals surface area contributed by atoms with Crippen LogP contribution in [0, 0.1) is 6.92 Å². The molecule has 2 rings (SSSR count). The maximum Gasteiger partial charge on any atom is 0.276 e. The van der Waals surface area contributed by atoms with Gasteiger partial charge in [0.05, 0.1) is 0 Å². The molecule has 128 valence electrons. The van der Waals surface area contributed by atoms with E-state index in [1.54, 1.807) is 11.1 Å². The molecule has 5 nitrogen and oxygen atoms in total. The summed E-state index contributed by atoms with van der Waals surface area (Å²) in [5.74, 6) is -0.0839. The summed E-state index contributed by atoms with van der Waals surface area (Å²) >= 11 is 0. The normalized spacial score (nSPS) is 10.7. The first-order chi connectivity index (χ1) is 11.5. The summed E-state index contributed by atoms with van der Waals surface area (Å²) in [6, 6.07) is 11.7. The topological polar surface area (TPSA) is 48.5 Å². The van der Waals surface area contributed by atoms with Crippen LogP contribution in [-0.4, -0.2) is 49.5 Å². The Labute approximate surface area is 144 Å². The highest BCUT2D eigenvalue weighted by molar-refractivity contribution is 6.05. The smallest absolute Gasteiger partial charge is 0.276 e. The van der Waals surface area contributed by atoms with Crippen molar-refractivity contribution in [1.82, 2.24) is 9.88 Å². The fraction of sp³-hybridized carbons (Fsp3) is 0.368. The first-order valence-electron chi connectivity index (χ1n) is 8.24. The molecule has 5 heteroatoms. The second-order valence-electron chi connectivity index (χ2n) is 6.05. The van der Waals surface area contributed by atoms with E-state index in [0.29, 0.717) is 12.2 Å². The van der Waals surface area contributed by atoms with Crippen LogP contribution in [0.25, 0.3) is 0 Å². The molecule has 1 aromatic carbocycles. The molecule has 0 aliphatic heterocycles. The van der Waals surface area contributed by atoms with Crippen molar-refractivity contribution in [3.8, 4) is 0 Å².